The van der Waals surface area contributed by atoms with E-state index in [0.717, 1.165) is 12.5 Å². The van der Waals surface area contributed by atoms with Crippen LogP contribution in [0.15, 0.2) is 0 Å². The molecule has 0 spiro atoms. The van der Waals surface area contributed by atoms with Crippen molar-refractivity contribution in [1.29, 1.82) is 5.41 Å². The van der Waals surface area contributed by atoms with Gasteiger partial charge in [-0.15, -0.1) is 0 Å². The first kappa shape index (κ1) is 9.23. The second-order valence-corrected chi connectivity index (χ2v) is 3.53. The topological polar surface area (TPSA) is 53.0 Å². The summed E-state index contributed by atoms with van der Waals surface area (Å²) in [7, 11) is 0. The van der Waals surface area contributed by atoms with Crippen LogP contribution in [0, 0.1) is 17.2 Å². The molecule has 1 atom stereocenters. The largest absolute Gasteiger partial charge is 0.356 e. The van der Waals surface area contributed by atoms with Gasteiger partial charge in [-0.25, -0.2) is 0 Å². The molecule has 0 aliphatic heterocycles. The predicted molar refractivity (Wildman–Crippen MR) is 48.3 cm³/mol. The first-order valence-corrected chi connectivity index (χ1v) is 4.50. The molecule has 2 N–H and O–H groups in total. The zero-order valence-electron chi connectivity index (χ0n) is 7.47. The Labute approximate surface area is 73.0 Å². The van der Waals surface area contributed by atoms with Crippen LogP contribution in [0.1, 0.15) is 26.2 Å². The zero-order valence-corrected chi connectivity index (χ0v) is 7.47. The van der Waals surface area contributed by atoms with Crippen LogP contribution < -0.4 is 5.32 Å². The molecule has 1 rings (SSSR count). The SMILES string of the molecule is C[C@@H](CC=N)C(=O)NCC1CC1. The standard InChI is InChI=1S/C9H16N2O/c1-7(4-5-10)9(12)11-6-8-2-3-8/h5,7-8,10H,2-4,6H2,1H3,(H,11,12)/t7-/m0/s1. The number of amides is 1. The van der Waals surface area contributed by atoms with Crippen LogP contribution in [-0.2, 0) is 4.79 Å². The summed E-state index contributed by atoms with van der Waals surface area (Å²) in [6.45, 7) is 2.69. The molecule has 0 aromatic heterocycles. The summed E-state index contributed by atoms with van der Waals surface area (Å²) in [6.07, 6.45) is 4.37. The van der Waals surface area contributed by atoms with Gasteiger partial charge in [-0.2, -0.15) is 0 Å². The lowest BCUT2D eigenvalue weighted by Gasteiger charge is -2.08. The van der Waals surface area contributed by atoms with Crippen molar-refractivity contribution in [2.75, 3.05) is 6.54 Å². The highest BCUT2D eigenvalue weighted by molar-refractivity contribution is 5.80. The first-order valence-electron chi connectivity index (χ1n) is 4.50. The van der Waals surface area contributed by atoms with Gasteiger partial charge < -0.3 is 10.7 Å². The van der Waals surface area contributed by atoms with Crippen LogP contribution in [-0.4, -0.2) is 18.7 Å². The Kier molecular flexibility index (Phi) is 3.26. The van der Waals surface area contributed by atoms with Crippen LogP contribution in [0.25, 0.3) is 0 Å². The summed E-state index contributed by atoms with van der Waals surface area (Å²) in [4.78, 5) is 11.3. The third-order valence-corrected chi connectivity index (χ3v) is 2.18. The van der Waals surface area contributed by atoms with Crippen molar-refractivity contribution in [2.24, 2.45) is 11.8 Å². The van der Waals surface area contributed by atoms with E-state index in [1.54, 1.807) is 0 Å². The molecule has 0 unspecified atom stereocenters. The molecule has 1 aliphatic carbocycles. The van der Waals surface area contributed by atoms with Crippen LogP contribution in [0.3, 0.4) is 0 Å². The molecule has 1 amide bonds. The molecule has 0 saturated heterocycles. The molecule has 0 aromatic carbocycles. The summed E-state index contributed by atoms with van der Waals surface area (Å²) < 4.78 is 0. The van der Waals surface area contributed by atoms with Gasteiger partial charge in [-0.3, -0.25) is 4.79 Å². The lowest BCUT2D eigenvalue weighted by molar-refractivity contribution is -0.124. The van der Waals surface area contributed by atoms with Gasteiger partial charge in [0.2, 0.25) is 5.91 Å². The van der Waals surface area contributed by atoms with Gasteiger partial charge in [0.05, 0.1) is 0 Å². The maximum Gasteiger partial charge on any atom is 0.223 e. The minimum absolute atomic E-state index is 0.0405. The van der Waals surface area contributed by atoms with Gasteiger partial charge in [-0.1, -0.05) is 6.92 Å². The molecule has 68 valence electrons. The Hall–Kier alpha value is -0.860. The molecule has 1 aliphatic rings. The van der Waals surface area contributed by atoms with Gasteiger partial charge in [-0.05, 0) is 31.4 Å². The Balaban J connectivity index is 2.11. The van der Waals surface area contributed by atoms with Gasteiger partial charge in [0, 0.05) is 12.5 Å². The van der Waals surface area contributed by atoms with Crippen LogP contribution in [0.2, 0.25) is 0 Å². The minimum Gasteiger partial charge on any atom is -0.356 e. The third-order valence-electron chi connectivity index (χ3n) is 2.18. The second-order valence-electron chi connectivity index (χ2n) is 3.53. The third kappa shape index (κ3) is 3.03. The Morgan fingerprint density at radius 1 is 1.75 bits per heavy atom. The van der Waals surface area contributed by atoms with E-state index in [0.29, 0.717) is 6.42 Å². The van der Waals surface area contributed by atoms with E-state index in [1.807, 2.05) is 6.92 Å². The van der Waals surface area contributed by atoms with E-state index in [-0.39, 0.29) is 11.8 Å². The van der Waals surface area contributed by atoms with Crippen molar-refractivity contribution >= 4 is 12.1 Å². The van der Waals surface area contributed by atoms with E-state index in [1.165, 1.54) is 19.1 Å². The molecule has 0 radical (unpaired) electrons. The normalized spacial score (nSPS) is 18.4. The molecule has 0 heterocycles. The Bertz CT molecular complexity index is 175. The molecule has 1 fully saturated rings. The quantitative estimate of drug-likeness (QED) is 0.595. The average molecular weight is 168 g/mol. The van der Waals surface area contributed by atoms with Crippen molar-refractivity contribution in [3.05, 3.63) is 0 Å². The summed E-state index contributed by atoms with van der Waals surface area (Å²) in [6, 6.07) is 0. The highest BCUT2D eigenvalue weighted by atomic mass is 16.1. The van der Waals surface area contributed by atoms with Crippen LogP contribution in [0.4, 0.5) is 0 Å². The number of nitrogens with one attached hydrogen (secondary N) is 2. The van der Waals surface area contributed by atoms with E-state index in [4.69, 9.17) is 5.41 Å². The molecule has 0 aromatic rings. The Morgan fingerprint density at radius 3 is 2.92 bits per heavy atom. The monoisotopic (exact) mass is 168 g/mol. The van der Waals surface area contributed by atoms with Gasteiger partial charge in [0.1, 0.15) is 0 Å². The zero-order chi connectivity index (χ0) is 8.97. The molecular weight excluding hydrogens is 152 g/mol. The highest BCUT2D eigenvalue weighted by Crippen LogP contribution is 2.27. The highest BCUT2D eigenvalue weighted by Gasteiger charge is 2.22. The lowest BCUT2D eigenvalue weighted by atomic mass is 10.1. The maximum atomic E-state index is 11.3. The summed E-state index contributed by atoms with van der Waals surface area (Å²) in [5.74, 6) is 0.785. The second kappa shape index (κ2) is 4.24. The van der Waals surface area contributed by atoms with Crippen LogP contribution in [0.5, 0.6) is 0 Å². The molecule has 3 heteroatoms. The number of carbonyl (C=O) groups is 1. The summed E-state index contributed by atoms with van der Waals surface area (Å²) >= 11 is 0. The molecular formula is C9H16N2O. The van der Waals surface area contributed by atoms with Crippen molar-refractivity contribution in [3.8, 4) is 0 Å². The van der Waals surface area contributed by atoms with E-state index in [9.17, 15) is 4.79 Å². The molecule has 3 nitrogen and oxygen atoms in total. The Morgan fingerprint density at radius 2 is 2.42 bits per heavy atom. The smallest absolute Gasteiger partial charge is 0.223 e. The van der Waals surface area contributed by atoms with Crippen molar-refractivity contribution < 1.29 is 4.79 Å². The maximum absolute atomic E-state index is 11.3. The fourth-order valence-corrected chi connectivity index (χ4v) is 1.02. The fourth-order valence-electron chi connectivity index (χ4n) is 1.02. The number of rotatable bonds is 5. The van der Waals surface area contributed by atoms with Crippen molar-refractivity contribution in [1.82, 2.24) is 5.32 Å². The minimum atomic E-state index is -0.0405. The van der Waals surface area contributed by atoms with Crippen LogP contribution >= 0.6 is 0 Å². The van der Waals surface area contributed by atoms with E-state index < -0.39 is 0 Å². The summed E-state index contributed by atoms with van der Waals surface area (Å²) in [5, 5.41) is 9.74. The molecule has 12 heavy (non-hydrogen) atoms. The lowest BCUT2D eigenvalue weighted by Crippen LogP contribution is -2.30. The first-order chi connectivity index (χ1) is 5.74. The van der Waals surface area contributed by atoms with Gasteiger partial charge in [0.25, 0.3) is 0 Å². The van der Waals surface area contributed by atoms with E-state index in [2.05, 4.69) is 5.32 Å². The molecule has 1 saturated carbocycles. The number of carbonyl (C=O) groups excluding carboxylic acids is 1. The fraction of sp³-hybridized carbons (Fsp3) is 0.778. The van der Waals surface area contributed by atoms with Gasteiger partial charge >= 0.3 is 0 Å². The summed E-state index contributed by atoms with van der Waals surface area (Å²) in [5.41, 5.74) is 0. The number of hydrogen-bond acceptors (Lipinski definition) is 2. The van der Waals surface area contributed by atoms with E-state index >= 15 is 0 Å². The van der Waals surface area contributed by atoms with Gasteiger partial charge in [0.15, 0.2) is 0 Å². The number of hydrogen-bond donors (Lipinski definition) is 2. The molecule has 0 bridgehead atoms. The predicted octanol–water partition coefficient (Wildman–Crippen LogP) is 1.19. The average Bonchev–Trinajstić information content (AvgIpc) is 2.83. The van der Waals surface area contributed by atoms with Crippen molar-refractivity contribution in [3.63, 3.8) is 0 Å². The van der Waals surface area contributed by atoms with Crippen molar-refractivity contribution in [2.45, 2.75) is 26.2 Å².